The summed E-state index contributed by atoms with van der Waals surface area (Å²) >= 11 is 0. The predicted molar refractivity (Wildman–Crippen MR) is 75.8 cm³/mol. The van der Waals surface area contributed by atoms with Crippen LogP contribution < -0.4 is 10.5 Å². The van der Waals surface area contributed by atoms with Gasteiger partial charge in [0.1, 0.15) is 12.4 Å². The van der Waals surface area contributed by atoms with E-state index in [4.69, 9.17) is 10.5 Å². The first kappa shape index (κ1) is 12.5. The summed E-state index contributed by atoms with van der Waals surface area (Å²) in [5, 5.41) is 0. The molecular formula is C16H19NO. The Balaban J connectivity index is 2.19. The molecule has 0 bridgehead atoms. The number of aryl methyl sites for hydroxylation is 2. The van der Waals surface area contributed by atoms with Gasteiger partial charge in [0.05, 0.1) is 0 Å². The standard InChI is InChI=1S/C16H19NO/c1-11-6-4-7-12(2)16(11)18-10-14-8-5-9-15(17)13(14)3/h4-9H,10,17H2,1-3H3. The van der Waals surface area contributed by atoms with E-state index in [1.54, 1.807) is 0 Å². The van der Waals surface area contributed by atoms with Gasteiger partial charge in [0.15, 0.2) is 0 Å². The van der Waals surface area contributed by atoms with Gasteiger partial charge < -0.3 is 10.5 Å². The Morgan fingerprint density at radius 3 is 2.22 bits per heavy atom. The van der Waals surface area contributed by atoms with Crippen molar-refractivity contribution in [3.63, 3.8) is 0 Å². The van der Waals surface area contributed by atoms with Crippen LogP contribution in [0.25, 0.3) is 0 Å². The highest BCUT2D eigenvalue weighted by Gasteiger charge is 2.06. The van der Waals surface area contributed by atoms with Crippen molar-refractivity contribution in [1.82, 2.24) is 0 Å². The van der Waals surface area contributed by atoms with Gasteiger partial charge in [-0.05, 0) is 49.1 Å². The molecular weight excluding hydrogens is 222 g/mol. The number of nitrogen functional groups attached to an aromatic ring is 1. The maximum Gasteiger partial charge on any atom is 0.125 e. The number of rotatable bonds is 3. The topological polar surface area (TPSA) is 35.2 Å². The van der Waals surface area contributed by atoms with Crippen LogP contribution in [0.15, 0.2) is 36.4 Å². The lowest BCUT2D eigenvalue weighted by Gasteiger charge is -2.14. The van der Waals surface area contributed by atoms with Crippen molar-refractivity contribution < 1.29 is 4.74 Å². The van der Waals surface area contributed by atoms with Crippen LogP contribution in [0.2, 0.25) is 0 Å². The van der Waals surface area contributed by atoms with Crippen molar-refractivity contribution in [2.75, 3.05) is 5.73 Å². The third-order valence-corrected chi connectivity index (χ3v) is 3.27. The summed E-state index contributed by atoms with van der Waals surface area (Å²) in [4.78, 5) is 0. The molecule has 0 unspecified atom stereocenters. The molecule has 0 aromatic heterocycles. The van der Waals surface area contributed by atoms with Crippen molar-refractivity contribution in [2.45, 2.75) is 27.4 Å². The van der Waals surface area contributed by atoms with Crippen LogP contribution in [0, 0.1) is 20.8 Å². The van der Waals surface area contributed by atoms with Crippen LogP contribution in [-0.2, 0) is 6.61 Å². The lowest BCUT2D eigenvalue weighted by molar-refractivity contribution is 0.301. The minimum absolute atomic E-state index is 0.558. The molecule has 2 aromatic rings. The van der Waals surface area contributed by atoms with E-state index in [9.17, 15) is 0 Å². The van der Waals surface area contributed by atoms with Gasteiger partial charge in [-0.2, -0.15) is 0 Å². The van der Waals surface area contributed by atoms with Crippen molar-refractivity contribution in [2.24, 2.45) is 0 Å². The largest absolute Gasteiger partial charge is 0.488 e. The average molecular weight is 241 g/mol. The van der Waals surface area contributed by atoms with Crippen molar-refractivity contribution in [3.8, 4) is 5.75 Å². The van der Waals surface area contributed by atoms with E-state index in [1.807, 2.05) is 25.1 Å². The molecule has 0 spiro atoms. The van der Waals surface area contributed by atoms with E-state index in [0.29, 0.717) is 6.61 Å². The van der Waals surface area contributed by atoms with E-state index in [2.05, 4.69) is 32.0 Å². The Kier molecular flexibility index (Phi) is 3.56. The number of hydrogen-bond acceptors (Lipinski definition) is 2. The second kappa shape index (κ2) is 5.13. The minimum atomic E-state index is 0.558. The Labute approximate surface area is 108 Å². The quantitative estimate of drug-likeness (QED) is 0.830. The molecule has 0 heterocycles. The molecule has 0 aliphatic heterocycles. The lowest BCUT2D eigenvalue weighted by Crippen LogP contribution is -2.02. The number of hydrogen-bond donors (Lipinski definition) is 1. The fraction of sp³-hybridized carbons (Fsp3) is 0.250. The third kappa shape index (κ3) is 2.48. The van der Waals surface area contributed by atoms with Crippen LogP contribution in [-0.4, -0.2) is 0 Å². The van der Waals surface area contributed by atoms with Crippen LogP contribution in [0.1, 0.15) is 22.3 Å². The maximum absolute atomic E-state index is 5.93. The zero-order valence-corrected chi connectivity index (χ0v) is 11.2. The van der Waals surface area contributed by atoms with Gasteiger partial charge in [-0.1, -0.05) is 30.3 Å². The van der Waals surface area contributed by atoms with Gasteiger partial charge in [-0.25, -0.2) is 0 Å². The Bertz CT molecular complexity index is 541. The molecule has 0 saturated carbocycles. The minimum Gasteiger partial charge on any atom is -0.488 e. The summed E-state index contributed by atoms with van der Waals surface area (Å²) in [6.07, 6.45) is 0. The molecule has 0 fully saturated rings. The van der Waals surface area contributed by atoms with Crippen LogP contribution >= 0.6 is 0 Å². The van der Waals surface area contributed by atoms with Gasteiger partial charge in [0.2, 0.25) is 0 Å². The van der Waals surface area contributed by atoms with E-state index in [0.717, 1.165) is 33.7 Å². The fourth-order valence-corrected chi connectivity index (χ4v) is 2.04. The number of benzene rings is 2. The van der Waals surface area contributed by atoms with Crippen molar-refractivity contribution in [3.05, 3.63) is 58.7 Å². The molecule has 2 heteroatoms. The van der Waals surface area contributed by atoms with E-state index in [-0.39, 0.29) is 0 Å². The normalized spacial score (nSPS) is 10.4. The van der Waals surface area contributed by atoms with Gasteiger partial charge >= 0.3 is 0 Å². The number of para-hydroxylation sites is 1. The first-order chi connectivity index (χ1) is 8.59. The van der Waals surface area contributed by atoms with E-state index in [1.165, 1.54) is 0 Å². The second-order valence-corrected chi connectivity index (χ2v) is 4.64. The molecule has 0 aliphatic carbocycles. The summed E-state index contributed by atoms with van der Waals surface area (Å²) < 4.78 is 5.93. The molecule has 0 saturated heterocycles. The number of ether oxygens (including phenoxy) is 1. The Morgan fingerprint density at radius 1 is 0.944 bits per heavy atom. The molecule has 2 nitrogen and oxygen atoms in total. The number of anilines is 1. The molecule has 0 amide bonds. The first-order valence-electron chi connectivity index (χ1n) is 6.12. The highest BCUT2D eigenvalue weighted by atomic mass is 16.5. The van der Waals surface area contributed by atoms with Crippen LogP contribution in [0.3, 0.4) is 0 Å². The summed E-state index contributed by atoms with van der Waals surface area (Å²) in [6, 6.07) is 12.1. The van der Waals surface area contributed by atoms with E-state index >= 15 is 0 Å². The smallest absolute Gasteiger partial charge is 0.125 e. The summed E-state index contributed by atoms with van der Waals surface area (Å²) in [6.45, 7) is 6.71. The maximum atomic E-state index is 5.93. The second-order valence-electron chi connectivity index (χ2n) is 4.64. The third-order valence-electron chi connectivity index (χ3n) is 3.27. The van der Waals surface area contributed by atoms with Crippen LogP contribution in [0.5, 0.6) is 5.75 Å². The SMILES string of the molecule is Cc1cccc(C)c1OCc1cccc(N)c1C. The highest BCUT2D eigenvalue weighted by Crippen LogP contribution is 2.24. The average Bonchev–Trinajstić information content (AvgIpc) is 2.33. The zero-order valence-electron chi connectivity index (χ0n) is 11.2. The number of nitrogens with two attached hydrogens (primary N) is 1. The van der Waals surface area contributed by atoms with Gasteiger partial charge in [-0.3, -0.25) is 0 Å². The highest BCUT2D eigenvalue weighted by molar-refractivity contribution is 5.50. The molecule has 0 atom stereocenters. The van der Waals surface area contributed by atoms with Gasteiger partial charge in [0, 0.05) is 5.69 Å². The van der Waals surface area contributed by atoms with Gasteiger partial charge in [0.25, 0.3) is 0 Å². The summed E-state index contributed by atoms with van der Waals surface area (Å²) in [5.74, 6) is 0.972. The first-order valence-corrected chi connectivity index (χ1v) is 6.12. The van der Waals surface area contributed by atoms with Gasteiger partial charge in [-0.15, -0.1) is 0 Å². The molecule has 18 heavy (non-hydrogen) atoms. The van der Waals surface area contributed by atoms with Crippen molar-refractivity contribution in [1.29, 1.82) is 0 Å². The summed E-state index contributed by atoms with van der Waals surface area (Å²) in [5.41, 5.74) is 11.3. The zero-order chi connectivity index (χ0) is 13.1. The Hall–Kier alpha value is -1.96. The van der Waals surface area contributed by atoms with Crippen LogP contribution in [0.4, 0.5) is 5.69 Å². The van der Waals surface area contributed by atoms with E-state index < -0.39 is 0 Å². The molecule has 2 rings (SSSR count). The monoisotopic (exact) mass is 241 g/mol. The summed E-state index contributed by atoms with van der Waals surface area (Å²) in [7, 11) is 0. The Morgan fingerprint density at radius 2 is 1.56 bits per heavy atom. The van der Waals surface area contributed by atoms with Crippen molar-refractivity contribution >= 4 is 5.69 Å². The molecule has 2 N–H and O–H groups in total. The molecule has 94 valence electrons. The lowest BCUT2D eigenvalue weighted by atomic mass is 10.1. The molecule has 0 radical (unpaired) electrons. The predicted octanol–water partition coefficient (Wildman–Crippen LogP) is 3.77. The molecule has 2 aromatic carbocycles. The fourth-order valence-electron chi connectivity index (χ4n) is 2.04. The molecule has 0 aliphatic rings.